The van der Waals surface area contributed by atoms with Crippen molar-refractivity contribution in [1.82, 2.24) is 15.5 Å². The third-order valence-electron chi connectivity index (χ3n) is 2.41. The van der Waals surface area contributed by atoms with Crippen LogP contribution in [0.2, 0.25) is 0 Å². The molecule has 17 heavy (non-hydrogen) atoms. The monoisotopic (exact) mass is 241 g/mol. The second kappa shape index (κ2) is 8.12. The molecule has 2 N–H and O–H groups in total. The second-order valence-corrected chi connectivity index (χ2v) is 5.13. The molecule has 0 aliphatic heterocycles. The second-order valence-electron chi connectivity index (χ2n) is 5.13. The van der Waals surface area contributed by atoms with Crippen LogP contribution in [0.4, 0.5) is 4.79 Å². The Bertz CT molecular complexity index is 240. The zero-order valence-electron chi connectivity index (χ0n) is 11.8. The molecule has 0 saturated carbocycles. The summed E-state index contributed by atoms with van der Waals surface area (Å²) in [7, 11) is 0. The summed E-state index contributed by atoms with van der Waals surface area (Å²) >= 11 is 0. The molecule has 0 aromatic carbocycles. The average Bonchev–Trinajstić information content (AvgIpc) is 2.22. The average molecular weight is 241 g/mol. The Morgan fingerprint density at radius 1 is 1.24 bits per heavy atom. The number of carbonyl (C=O) groups excluding carboxylic acids is 1. The van der Waals surface area contributed by atoms with Crippen molar-refractivity contribution >= 4 is 6.03 Å². The van der Waals surface area contributed by atoms with Crippen LogP contribution in [0.15, 0.2) is 12.3 Å². The van der Waals surface area contributed by atoms with Gasteiger partial charge in [0.1, 0.15) is 0 Å². The topological polar surface area (TPSA) is 44.4 Å². The summed E-state index contributed by atoms with van der Waals surface area (Å²) < 4.78 is 0. The van der Waals surface area contributed by atoms with Crippen molar-refractivity contribution in [1.29, 1.82) is 0 Å². The highest BCUT2D eigenvalue weighted by Gasteiger charge is 2.04. The summed E-state index contributed by atoms with van der Waals surface area (Å²) in [6.45, 7) is 14.1. The lowest BCUT2D eigenvalue weighted by molar-refractivity contribution is 0.240. The van der Waals surface area contributed by atoms with E-state index >= 15 is 0 Å². The lowest BCUT2D eigenvalue weighted by atomic mass is 9.97. The Morgan fingerprint density at radius 2 is 1.82 bits per heavy atom. The van der Waals surface area contributed by atoms with E-state index in [9.17, 15) is 4.79 Å². The fourth-order valence-electron chi connectivity index (χ4n) is 1.29. The number of likely N-dealkylation sites (N-methyl/N-ethyl adjacent to an activating group) is 1. The zero-order valence-corrected chi connectivity index (χ0v) is 11.8. The first kappa shape index (κ1) is 16.0. The molecule has 0 atom stereocenters. The van der Waals surface area contributed by atoms with Crippen molar-refractivity contribution in [2.45, 2.75) is 34.6 Å². The van der Waals surface area contributed by atoms with Gasteiger partial charge in [0.2, 0.25) is 0 Å². The van der Waals surface area contributed by atoms with Crippen molar-refractivity contribution in [3.05, 3.63) is 12.3 Å². The Morgan fingerprint density at radius 3 is 2.29 bits per heavy atom. The van der Waals surface area contributed by atoms with Crippen molar-refractivity contribution in [2.24, 2.45) is 5.41 Å². The van der Waals surface area contributed by atoms with Crippen LogP contribution in [0.5, 0.6) is 0 Å². The first-order valence-electron chi connectivity index (χ1n) is 6.33. The van der Waals surface area contributed by atoms with Gasteiger partial charge in [-0.05, 0) is 18.5 Å². The predicted octanol–water partition coefficient (Wildman–Crippen LogP) is 2.19. The fraction of sp³-hybridized carbons (Fsp3) is 0.769. The summed E-state index contributed by atoms with van der Waals surface area (Å²) in [6, 6.07) is -0.141. The van der Waals surface area contributed by atoms with Gasteiger partial charge in [0.05, 0.1) is 0 Å². The highest BCUT2D eigenvalue weighted by Crippen LogP contribution is 2.13. The molecule has 0 aromatic rings. The van der Waals surface area contributed by atoms with Crippen molar-refractivity contribution in [2.75, 3.05) is 26.2 Å². The quantitative estimate of drug-likeness (QED) is 0.748. The van der Waals surface area contributed by atoms with Crippen LogP contribution in [-0.4, -0.2) is 37.1 Å². The molecular weight excluding hydrogens is 214 g/mol. The largest absolute Gasteiger partial charge is 0.337 e. The van der Waals surface area contributed by atoms with E-state index < -0.39 is 0 Å². The van der Waals surface area contributed by atoms with Gasteiger partial charge < -0.3 is 15.5 Å². The van der Waals surface area contributed by atoms with Crippen LogP contribution in [0.3, 0.4) is 0 Å². The van der Waals surface area contributed by atoms with E-state index in [1.54, 1.807) is 6.20 Å². The minimum absolute atomic E-state index is 0.0918. The van der Waals surface area contributed by atoms with Gasteiger partial charge in [0.25, 0.3) is 0 Å². The van der Waals surface area contributed by atoms with Crippen LogP contribution in [0.25, 0.3) is 0 Å². The third kappa shape index (κ3) is 9.87. The molecule has 4 nitrogen and oxygen atoms in total. The molecule has 0 radical (unpaired) electrons. The Kier molecular flexibility index (Phi) is 7.63. The maximum absolute atomic E-state index is 11.4. The molecule has 0 saturated heterocycles. The number of hydrogen-bond acceptors (Lipinski definition) is 2. The summed E-state index contributed by atoms with van der Waals surface area (Å²) in [6.07, 6.45) is 3.67. The molecule has 0 aliphatic carbocycles. The number of rotatable bonds is 6. The van der Waals surface area contributed by atoms with E-state index in [4.69, 9.17) is 0 Å². The minimum atomic E-state index is -0.141. The summed E-state index contributed by atoms with van der Waals surface area (Å²) in [5, 5.41) is 5.52. The Balaban J connectivity index is 3.70. The number of nitrogens with one attached hydrogen (secondary N) is 2. The Labute approximate surface area is 105 Å². The third-order valence-corrected chi connectivity index (χ3v) is 2.41. The summed E-state index contributed by atoms with van der Waals surface area (Å²) in [4.78, 5) is 13.7. The molecule has 0 aliphatic rings. The molecule has 0 aromatic heterocycles. The molecule has 0 fully saturated rings. The predicted molar refractivity (Wildman–Crippen MR) is 72.9 cm³/mol. The van der Waals surface area contributed by atoms with Gasteiger partial charge in [0.15, 0.2) is 0 Å². The maximum Gasteiger partial charge on any atom is 0.318 e. The molecule has 0 unspecified atom stereocenters. The van der Waals surface area contributed by atoms with E-state index in [1.165, 1.54) is 0 Å². The van der Waals surface area contributed by atoms with Crippen LogP contribution in [0, 0.1) is 5.41 Å². The normalized spacial score (nSPS) is 12.1. The van der Waals surface area contributed by atoms with Crippen LogP contribution in [-0.2, 0) is 0 Å². The summed E-state index contributed by atoms with van der Waals surface area (Å²) in [5.41, 5.74) is 0.0918. The number of hydrogen-bond donors (Lipinski definition) is 2. The highest BCUT2D eigenvalue weighted by atomic mass is 16.2. The number of nitrogens with zero attached hydrogens (tertiary/aromatic N) is 1. The van der Waals surface area contributed by atoms with E-state index in [-0.39, 0.29) is 11.4 Å². The molecule has 2 amide bonds. The van der Waals surface area contributed by atoms with Crippen molar-refractivity contribution in [3.8, 4) is 0 Å². The first-order valence-corrected chi connectivity index (χ1v) is 6.33. The fourth-order valence-corrected chi connectivity index (χ4v) is 1.29. The van der Waals surface area contributed by atoms with Crippen LogP contribution < -0.4 is 10.6 Å². The molecule has 0 spiro atoms. The SMILES string of the molecule is CCN(CC)CCNC(=O)N/C=C/C(C)(C)C. The smallest absolute Gasteiger partial charge is 0.318 e. The lowest BCUT2D eigenvalue weighted by Gasteiger charge is -2.17. The number of carbonyl (C=O) groups is 1. The minimum Gasteiger partial charge on any atom is -0.337 e. The van der Waals surface area contributed by atoms with E-state index in [0.29, 0.717) is 6.54 Å². The van der Waals surface area contributed by atoms with Crippen LogP contribution >= 0.6 is 0 Å². The van der Waals surface area contributed by atoms with Gasteiger partial charge in [0, 0.05) is 19.3 Å². The molecule has 0 bridgehead atoms. The van der Waals surface area contributed by atoms with Gasteiger partial charge in [-0.2, -0.15) is 0 Å². The maximum atomic E-state index is 11.4. The number of amides is 2. The Hall–Kier alpha value is -1.03. The van der Waals surface area contributed by atoms with E-state index in [1.807, 2.05) is 6.08 Å². The molecule has 100 valence electrons. The van der Waals surface area contributed by atoms with Crippen LogP contribution in [0.1, 0.15) is 34.6 Å². The van der Waals surface area contributed by atoms with Gasteiger partial charge >= 0.3 is 6.03 Å². The number of urea groups is 1. The van der Waals surface area contributed by atoms with Gasteiger partial charge in [-0.25, -0.2) is 4.79 Å². The zero-order chi connectivity index (χ0) is 13.3. The van der Waals surface area contributed by atoms with Crippen molar-refractivity contribution < 1.29 is 4.79 Å². The molecular formula is C13H27N3O. The van der Waals surface area contributed by atoms with E-state index in [2.05, 4.69) is 50.2 Å². The molecule has 0 heterocycles. The van der Waals surface area contributed by atoms with E-state index in [0.717, 1.165) is 19.6 Å². The first-order chi connectivity index (χ1) is 7.89. The number of allylic oxidation sites excluding steroid dienone is 1. The lowest BCUT2D eigenvalue weighted by Crippen LogP contribution is -2.38. The highest BCUT2D eigenvalue weighted by molar-refractivity contribution is 5.74. The van der Waals surface area contributed by atoms with Crippen molar-refractivity contribution in [3.63, 3.8) is 0 Å². The molecule has 0 rings (SSSR count). The van der Waals surface area contributed by atoms with Gasteiger partial charge in [-0.3, -0.25) is 0 Å². The van der Waals surface area contributed by atoms with Gasteiger partial charge in [-0.15, -0.1) is 0 Å². The standard InChI is InChI=1S/C13H27N3O/c1-6-16(7-2)11-10-15-12(17)14-9-8-13(3,4)5/h8-9H,6-7,10-11H2,1-5H3,(H2,14,15,17)/b9-8+. The summed E-state index contributed by atoms with van der Waals surface area (Å²) in [5.74, 6) is 0. The van der Waals surface area contributed by atoms with Gasteiger partial charge in [-0.1, -0.05) is 40.7 Å². The molecule has 4 heteroatoms.